The molecular formula is C4H5ClN2S. The van der Waals surface area contributed by atoms with Gasteiger partial charge in [0.05, 0.1) is 5.02 Å². The van der Waals surface area contributed by atoms with Gasteiger partial charge in [0, 0.05) is 0 Å². The molecule has 0 aliphatic rings. The molecule has 0 fully saturated rings. The van der Waals surface area contributed by atoms with Crippen LogP contribution in [0.15, 0.2) is 11.4 Å². The van der Waals surface area contributed by atoms with Gasteiger partial charge in [-0.25, -0.2) is 5.84 Å². The van der Waals surface area contributed by atoms with Crippen molar-refractivity contribution in [3.05, 3.63) is 16.5 Å². The molecule has 0 radical (unpaired) electrons. The molecule has 0 saturated carbocycles. The minimum Gasteiger partial charge on any atom is -0.314 e. The molecule has 3 N–H and O–H groups in total. The molecule has 0 atom stereocenters. The van der Waals surface area contributed by atoms with Gasteiger partial charge in [-0.2, -0.15) is 0 Å². The Morgan fingerprint density at radius 2 is 2.50 bits per heavy atom. The standard InChI is InChI=1S/C4H5ClN2S/c5-3-1-2-8-4(3)7-6/h1-2,7H,6H2. The molecular weight excluding hydrogens is 144 g/mol. The smallest absolute Gasteiger partial charge is 0.121 e. The van der Waals surface area contributed by atoms with E-state index in [-0.39, 0.29) is 0 Å². The predicted molar refractivity (Wildman–Crippen MR) is 37.1 cm³/mol. The SMILES string of the molecule is NNc1sccc1Cl. The Morgan fingerprint density at radius 1 is 1.75 bits per heavy atom. The quantitative estimate of drug-likeness (QED) is 0.470. The van der Waals surface area contributed by atoms with Crippen LogP contribution < -0.4 is 11.3 Å². The lowest BCUT2D eigenvalue weighted by molar-refractivity contribution is 1.39. The first kappa shape index (κ1) is 5.88. The third-order valence-corrected chi connectivity index (χ3v) is 2.02. The highest BCUT2D eigenvalue weighted by Crippen LogP contribution is 2.26. The summed E-state index contributed by atoms with van der Waals surface area (Å²) in [6, 6.07) is 1.79. The average molecular weight is 149 g/mol. The summed E-state index contributed by atoms with van der Waals surface area (Å²) in [4.78, 5) is 0. The number of nitrogens with two attached hydrogens (primary N) is 1. The van der Waals surface area contributed by atoms with Gasteiger partial charge in [0.1, 0.15) is 5.00 Å². The Labute approximate surface area is 56.2 Å². The Balaban J connectivity index is 2.92. The molecule has 0 aliphatic heterocycles. The summed E-state index contributed by atoms with van der Waals surface area (Å²) in [5, 5.41) is 3.36. The van der Waals surface area contributed by atoms with Gasteiger partial charge in [0.25, 0.3) is 0 Å². The number of hydrogen-bond acceptors (Lipinski definition) is 3. The van der Waals surface area contributed by atoms with Gasteiger partial charge >= 0.3 is 0 Å². The second-order valence-electron chi connectivity index (χ2n) is 1.24. The fourth-order valence-corrected chi connectivity index (χ4v) is 1.31. The number of halogens is 1. The van der Waals surface area contributed by atoms with Crippen molar-refractivity contribution in [2.75, 3.05) is 5.43 Å². The maximum atomic E-state index is 5.61. The Morgan fingerprint density at radius 3 is 2.75 bits per heavy atom. The van der Waals surface area contributed by atoms with Gasteiger partial charge in [-0.3, -0.25) is 0 Å². The van der Waals surface area contributed by atoms with Crippen molar-refractivity contribution in [3.8, 4) is 0 Å². The van der Waals surface area contributed by atoms with Gasteiger partial charge in [-0.05, 0) is 11.4 Å². The highest BCUT2D eigenvalue weighted by atomic mass is 35.5. The van der Waals surface area contributed by atoms with Gasteiger partial charge in [0.2, 0.25) is 0 Å². The summed E-state index contributed by atoms with van der Waals surface area (Å²) >= 11 is 7.09. The van der Waals surface area contributed by atoms with Crippen LogP contribution in [0.4, 0.5) is 5.00 Å². The van der Waals surface area contributed by atoms with Crippen LogP contribution in [0.1, 0.15) is 0 Å². The fraction of sp³-hybridized carbons (Fsp3) is 0. The molecule has 0 saturated heterocycles. The largest absolute Gasteiger partial charge is 0.314 e. The van der Waals surface area contributed by atoms with Crippen molar-refractivity contribution >= 4 is 27.9 Å². The minimum absolute atomic E-state index is 0.678. The molecule has 0 bridgehead atoms. The summed E-state index contributed by atoms with van der Waals surface area (Å²) in [7, 11) is 0. The van der Waals surface area contributed by atoms with Crippen LogP contribution in [0.5, 0.6) is 0 Å². The van der Waals surface area contributed by atoms with Gasteiger partial charge in [-0.1, -0.05) is 11.6 Å². The van der Waals surface area contributed by atoms with Crippen LogP contribution in [0.3, 0.4) is 0 Å². The normalized spacial score (nSPS) is 9.25. The van der Waals surface area contributed by atoms with Crippen LogP contribution in [-0.2, 0) is 0 Å². The van der Waals surface area contributed by atoms with Crippen LogP contribution in [0.2, 0.25) is 5.02 Å². The summed E-state index contributed by atoms with van der Waals surface area (Å²) in [6.07, 6.45) is 0. The number of hydrogen-bond donors (Lipinski definition) is 2. The van der Waals surface area contributed by atoms with Crippen molar-refractivity contribution in [1.29, 1.82) is 0 Å². The maximum absolute atomic E-state index is 5.61. The van der Waals surface area contributed by atoms with E-state index in [1.54, 1.807) is 6.07 Å². The third-order valence-electron chi connectivity index (χ3n) is 0.748. The Hall–Kier alpha value is -0.250. The van der Waals surface area contributed by atoms with Crippen LogP contribution in [-0.4, -0.2) is 0 Å². The van der Waals surface area contributed by atoms with Crippen LogP contribution in [0, 0.1) is 0 Å². The highest BCUT2D eigenvalue weighted by molar-refractivity contribution is 7.14. The maximum Gasteiger partial charge on any atom is 0.121 e. The van der Waals surface area contributed by atoms with E-state index in [2.05, 4.69) is 5.43 Å². The van der Waals surface area contributed by atoms with Crippen LogP contribution in [0.25, 0.3) is 0 Å². The minimum atomic E-state index is 0.678. The molecule has 1 aromatic rings. The molecule has 1 heterocycles. The van der Waals surface area contributed by atoms with Crippen molar-refractivity contribution in [2.45, 2.75) is 0 Å². The molecule has 8 heavy (non-hydrogen) atoms. The van der Waals surface area contributed by atoms with Gasteiger partial charge < -0.3 is 5.43 Å². The van der Waals surface area contributed by atoms with E-state index in [9.17, 15) is 0 Å². The molecule has 4 heteroatoms. The van der Waals surface area contributed by atoms with Crippen molar-refractivity contribution < 1.29 is 0 Å². The monoisotopic (exact) mass is 148 g/mol. The molecule has 0 unspecified atom stereocenters. The van der Waals surface area contributed by atoms with Crippen molar-refractivity contribution in [1.82, 2.24) is 0 Å². The number of nitrogens with one attached hydrogen (secondary N) is 1. The molecule has 1 aromatic heterocycles. The van der Waals surface area contributed by atoms with Crippen molar-refractivity contribution in [3.63, 3.8) is 0 Å². The number of thiophene rings is 1. The molecule has 1 rings (SSSR count). The van der Waals surface area contributed by atoms with Gasteiger partial charge in [-0.15, -0.1) is 11.3 Å². The van der Waals surface area contributed by atoms with E-state index < -0.39 is 0 Å². The number of anilines is 1. The molecule has 2 nitrogen and oxygen atoms in total. The van der Waals surface area contributed by atoms with E-state index in [4.69, 9.17) is 17.4 Å². The molecule has 0 aliphatic carbocycles. The Bertz CT molecular complexity index is 174. The first-order valence-electron chi connectivity index (χ1n) is 2.04. The van der Waals surface area contributed by atoms with E-state index in [1.807, 2.05) is 5.38 Å². The molecule has 0 amide bonds. The fourth-order valence-electron chi connectivity index (χ4n) is 0.397. The zero-order chi connectivity index (χ0) is 5.98. The lowest BCUT2D eigenvalue weighted by Crippen LogP contribution is -2.04. The zero-order valence-corrected chi connectivity index (χ0v) is 5.59. The molecule has 0 spiro atoms. The molecule has 0 aromatic carbocycles. The summed E-state index contributed by atoms with van der Waals surface area (Å²) < 4.78 is 0. The average Bonchev–Trinajstić information content (AvgIpc) is 2.14. The Kier molecular flexibility index (Phi) is 1.73. The van der Waals surface area contributed by atoms with E-state index in [1.165, 1.54) is 11.3 Å². The third kappa shape index (κ3) is 0.940. The first-order valence-corrected chi connectivity index (χ1v) is 3.30. The van der Waals surface area contributed by atoms with E-state index in [0.29, 0.717) is 5.02 Å². The molecule has 44 valence electrons. The summed E-state index contributed by atoms with van der Waals surface area (Å²) in [6.45, 7) is 0. The number of rotatable bonds is 1. The topological polar surface area (TPSA) is 38.0 Å². The van der Waals surface area contributed by atoms with E-state index >= 15 is 0 Å². The van der Waals surface area contributed by atoms with Crippen LogP contribution >= 0.6 is 22.9 Å². The lowest BCUT2D eigenvalue weighted by atomic mass is 10.6. The lowest BCUT2D eigenvalue weighted by Gasteiger charge is -1.90. The number of nitrogen functional groups attached to an aromatic ring is 1. The zero-order valence-electron chi connectivity index (χ0n) is 4.02. The van der Waals surface area contributed by atoms with Crippen molar-refractivity contribution in [2.24, 2.45) is 5.84 Å². The second kappa shape index (κ2) is 2.35. The predicted octanol–water partition coefficient (Wildman–Crippen LogP) is 1.69. The number of hydrazine groups is 1. The van der Waals surface area contributed by atoms with Gasteiger partial charge in [0.15, 0.2) is 0 Å². The summed E-state index contributed by atoms with van der Waals surface area (Å²) in [5.74, 6) is 5.07. The second-order valence-corrected chi connectivity index (χ2v) is 2.57. The highest BCUT2D eigenvalue weighted by Gasteiger charge is 1.95. The van der Waals surface area contributed by atoms with E-state index in [0.717, 1.165) is 5.00 Å². The first-order chi connectivity index (χ1) is 3.84. The summed E-state index contributed by atoms with van der Waals surface area (Å²) in [5.41, 5.74) is 2.46.